The van der Waals surface area contributed by atoms with Gasteiger partial charge in [-0.2, -0.15) is 0 Å². The Morgan fingerprint density at radius 1 is 1.43 bits per heavy atom. The number of rotatable bonds is 5. The Balaban J connectivity index is 2.15. The van der Waals surface area contributed by atoms with Crippen molar-refractivity contribution in [3.05, 3.63) is 23.4 Å². The van der Waals surface area contributed by atoms with Crippen LogP contribution in [0, 0.1) is 6.92 Å². The lowest BCUT2D eigenvalue weighted by atomic mass is 9.94. The number of methoxy groups -OCH3 is 1. The predicted molar refractivity (Wildman–Crippen MR) is 87.8 cm³/mol. The fourth-order valence-electron chi connectivity index (χ4n) is 2.87. The maximum absolute atomic E-state index is 5.69. The lowest BCUT2D eigenvalue weighted by molar-refractivity contribution is -0.00482. The van der Waals surface area contributed by atoms with E-state index in [0.29, 0.717) is 6.04 Å². The maximum Gasteiger partial charge on any atom is 0.129 e. The summed E-state index contributed by atoms with van der Waals surface area (Å²) in [5.41, 5.74) is 2.33. The predicted octanol–water partition coefficient (Wildman–Crippen LogP) is 2.89. The Labute approximate surface area is 128 Å². The highest BCUT2D eigenvalue weighted by atomic mass is 16.5. The molecule has 1 unspecified atom stereocenters. The van der Waals surface area contributed by atoms with Crippen LogP contribution < -0.4 is 10.2 Å². The van der Waals surface area contributed by atoms with Gasteiger partial charge in [-0.15, -0.1) is 0 Å². The molecule has 0 spiro atoms. The molecular weight excluding hydrogens is 262 g/mol. The minimum Gasteiger partial charge on any atom is -0.377 e. The van der Waals surface area contributed by atoms with E-state index in [9.17, 15) is 0 Å². The molecule has 4 heteroatoms. The van der Waals surface area contributed by atoms with E-state index in [-0.39, 0.29) is 5.60 Å². The van der Waals surface area contributed by atoms with Crippen molar-refractivity contribution in [2.24, 2.45) is 0 Å². The van der Waals surface area contributed by atoms with Gasteiger partial charge in [0.1, 0.15) is 5.82 Å². The van der Waals surface area contributed by atoms with E-state index in [1.807, 2.05) is 7.11 Å². The number of hydrogen-bond acceptors (Lipinski definition) is 4. The summed E-state index contributed by atoms with van der Waals surface area (Å²) in [6.07, 6.45) is 2.27. The van der Waals surface area contributed by atoms with Crippen LogP contribution in [-0.2, 0) is 11.3 Å². The Kier molecular flexibility index (Phi) is 5.22. The third-order valence-electron chi connectivity index (χ3n) is 4.19. The highest BCUT2D eigenvalue weighted by Gasteiger charge is 2.31. The number of aromatic nitrogens is 1. The fourth-order valence-corrected chi connectivity index (χ4v) is 2.87. The van der Waals surface area contributed by atoms with Gasteiger partial charge in [0.05, 0.1) is 5.60 Å². The molecule has 4 nitrogen and oxygen atoms in total. The summed E-state index contributed by atoms with van der Waals surface area (Å²) < 4.78 is 5.69. The highest BCUT2D eigenvalue weighted by Crippen LogP contribution is 2.27. The van der Waals surface area contributed by atoms with Gasteiger partial charge in [0.2, 0.25) is 0 Å². The SMILES string of the molecule is COC1(C)CCCN(c2cc(CNC(C)C)cc(C)n2)C1. The number of aryl methyl sites for hydroxylation is 1. The van der Waals surface area contributed by atoms with Crippen molar-refractivity contribution >= 4 is 5.82 Å². The average molecular weight is 291 g/mol. The monoisotopic (exact) mass is 291 g/mol. The Bertz CT molecular complexity index is 475. The topological polar surface area (TPSA) is 37.4 Å². The fraction of sp³-hybridized carbons (Fsp3) is 0.706. The zero-order chi connectivity index (χ0) is 15.5. The van der Waals surface area contributed by atoms with Crippen LogP contribution in [0.15, 0.2) is 12.1 Å². The molecule has 2 rings (SSSR count). The molecule has 1 aromatic rings. The number of anilines is 1. The number of nitrogens with zero attached hydrogens (tertiary/aromatic N) is 2. The first-order valence-electron chi connectivity index (χ1n) is 7.93. The molecule has 1 aromatic heterocycles. The van der Waals surface area contributed by atoms with Crippen molar-refractivity contribution in [2.75, 3.05) is 25.1 Å². The lowest BCUT2D eigenvalue weighted by Crippen LogP contribution is -2.47. The zero-order valence-electron chi connectivity index (χ0n) is 14.1. The molecule has 0 bridgehead atoms. The summed E-state index contributed by atoms with van der Waals surface area (Å²) in [4.78, 5) is 7.09. The molecule has 1 saturated heterocycles. The standard InChI is InChI=1S/C17H29N3O/c1-13(2)18-11-15-9-14(3)19-16(10-15)20-8-6-7-17(4,12-20)21-5/h9-10,13,18H,6-8,11-12H2,1-5H3. The van der Waals surface area contributed by atoms with Crippen molar-refractivity contribution in [2.45, 2.75) is 58.7 Å². The van der Waals surface area contributed by atoms with Gasteiger partial charge in [-0.1, -0.05) is 13.8 Å². The molecule has 1 fully saturated rings. The van der Waals surface area contributed by atoms with Crippen molar-refractivity contribution in [3.8, 4) is 0 Å². The number of nitrogens with one attached hydrogen (secondary N) is 1. The van der Waals surface area contributed by atoms with Crippen LogP contribution in [0.2, 0.25) is 0 Å². The molecule has 1 atom stereocenters. The minimum atomic E-state index is -0.0555. The average Bonchev–Trinajstić information content (AvgIpc) is 2.45. The summed E-state index contributed by atoms with van der Waals surface area (Å²) in [5, 5.41) is 3.48. The molecular formula is C17H29N3O. The first-order valence-corrected chi connectivity index (χ1v) is 7.93. The van der Waals surface area contributed by atoms with Gasteiger partial charge in [-0.05, 0) is 44.4 Å². The van der Waals surface area contributed by atoms with E-state index in [2.05, 4.69) is 50.0 Å². The lowest BCUT2D eigenvalue weighted by Gasteiger charge is -2.40. The normalized spacial score (nSPS) is 22.9. The number of ether oxygens (including phenoxy) is 1. The maximum atomic E-state index is 5.69. The van der Waals surface area contributed by atoms with Gasteiger partial charge in [-0.25, -0.2) is 4.98 Å². The zero-order valence-corrected chi connectivity index (χ0v) is 14.1. The van der Waals surface area contributed by atoms with Crippen LogP contribution in [0.3, 0.4) is 0 Å². The summed E-state index contributed by atoms with van der Waals surface area (Å²) in [5.74, 6) is 1.08. The number of pyridine rings is 1. The van der Waals surface area contributed by atoms with Gasteiger partial charge in [0.25, 0.3) is 0 Å². The molecule has 1 aliphatic heterocycles. The second-order valence-corrected chi connectivity index (χ2v) is 6.69. The number of hydrogen-bond donors (Lipinski definition) is 1. The van der Waals surface area contributed by atoms with E-state index in [0.717, 1.165) is 44.0 Å². The smallest absolute Gasteiger partial charge is 0.129 e. The molecule has 0 amide bonds. The summed E-state index contributed by atoms with van der Waals surface area (Å²) in [6, 6.07) is 4.87. The van der Waals surface area contributed by atoms with E-state index in [1.165, 1.54) is 5.56 Å². The van der Waals surface area contributed by atoms with Gasteiger partial charge in [0, 0.05) is 38.5 Å². The Hall–Kier alpha value is -1.13. The molecule has 0 aromatic carbocycles. The second-order valence-electron chi connectivity index (χ2n) is 6.69. The molecule has 1 N–H and O–H groups in total. The van der Waals surface area contributed by atoms with E-state index >= 15 is 0 Å². The molecule has 0 saturated carbocycles. The Morgan fingerprint density at radius 2 is 2.19 bits per heavy atom. The summed E-state index contributed by atoms with van der Waals surface area (Å²) >= 11 is 0. The van der Waals surface area contributed by atoms with Crippen LogP contribution in [0.5, 0.6) is 0 Å². The molecule has 118 valence electrons. The van der Waals surface area contributed by atoms with Gasteiger partial charge < -0.3 is 15.0 Å². The van der Waals surface area contributed by atoms with Gasteiger partial charge in [-0.3, -0.25) is 0 Å². The first kappa shape index (κ1) is 16.2. The van der Waals surface area contributed by atoms with Crippen LogP contribution in [0.4, 0.5) is 5.82 Å². The van der Waals surface area contributed by atoms with Crippen molar-refractivity contribution in [3.63, 3.8) is 0 Å². The van der Waals surface area contributed by atoms with Crippen LogP contribution >= 0.6 is 0 Å². The molecule has 0 radical (unpaired) electrons. The van der Waals surface area contributed by atoms with Crippen molar-refractivity contribution in [1.29, 1.82) is 0 Å². The highest BCUT2D eigenvalue weighted by molar-refractivity contribution is 5.43. The van der Waals surface area contributed by atoms with Crippen molar-refractivity contribution < 1.29 is 4.74 Å². The quantitative estimate of drug-likeness (QED) is 0.905. The van der Waals surface area contributed by atoms with Crippen LogP contribution in [0.25, 0.3) is 0 Å². The van der Waals surface area contributed by atoms with Crippen LogP contribution in [-0.4, -0.2) is 36.8 Å². The largest absolute Gasteiger partial charge is 0.377 e. The van der Waals surface area contributed by atoms with E-state index < -0.39 is 0 Å². The molecule has 1 aliphatic rings. The number of piperidine rings is 1. The Morgan fingerprint density at radius 3 is 2.86 bits per heavy atom. The molecule has 0 aliphatic carbocycles. The van der Waals surface area contributed by atoms with Gasteiger partial charge in [0.15, 0.2) is 0 Å². The minimum absolute atomic E-state index is 0.0555. The third kappa shape index (κ3) is 4.42. The van der Waals surface area contributed by atoms with E-state index in [4.69, 9.17) is 9.72 Å². The second kappa shape index (κ2) is 6.75. The summed E-state index contributed by atoms with van der Waals surface area (Å²) in [6.45, 7) is 11.5. The third-order valence-corrected chi connectivity index (χ3v) is 4.19. The van der Waals surface area contributed by atoms with E-state index in [1.54, 1.807) is 0 Å². The first-order chi connectivity index (χ1) is 9.92. The van der Waals surface area contributed by atoms with Gasteiger partial charge >= 0.3 is 0 Å². The van der Waals surface area contributed by atoms with Crippen molar-refractivity contribution in [1.82, 2.24) is 10.3 Å². The molecule has 21 heavy (non-hydrogen) atoms. The van der Waals surface area contributed by atoms with Crippen LogP contribution in [0.1, 0.15) is 44.9 Å². The molecule has 2 heterocycles. The summed E-state index contributed by atoms with van der Waals surface area (Å²) in [7, 11) is 1.81.